The van der Waals surface area contributed by atoms with Gasteiger partial charge in [-0.15, -0.1) is 13.2 Å². The van der Waals surface area contributed by atoms with E-state index in [0.29, 0.717) is 25.1 Å². The van der Waals surface area contributed by atoms with E-state index in [0.717, 1.165) is 0 Å². The van der Waals surface area contributed by atoms with Crippen LogP contribution < -0.4 is 5.32 Å². The van der Waals surface area contributed by atoms with Crippen molar-refractivity contribution in [2.75, 3.05) is 52.7 Å². The lowest BCUT2D eigenvalue weighted by Crippen LogP contribution is -2.44. The van der Waals surface area contributed by atoms with Crippen LogP contribution in [0.4, 0.5) is 18.0 Å². The zero-order valence-corrected chi connectivity index (χ0v) is 21.2. The Morgan fingerprint density at radius 1 is 1.03 bits per heavy atom. The van der Waals surface area contributed by atoms with Gasteiger partial charge in [-0.25, -0.2) is 4.79 Å². The Kier molecular flexibility index (Phi) is 11.9. The van der Waals surface area contributed by atoms with Gasteiger partial charge in [-0.05, 0) is 44.9 Å². The minimum atomic E-state index is -4.67. The Labute approximate surface area is 213 Å². The predicted molar refractivity (Wildman–Crippen MR) is 125 cm³/mol. The molecule has 37 heavy (non-hydrogen) atoms. The van der Waals surface area contributed by atoms with Crippen LogP contribution in [0, 0.1) is 0 Å². The first-order chi connectivity index (χ1) is 17.3. The van der Waals surface area contributed by atoms with E-state index in [1.165, 1.54) is 12.1 Å². The maximum absolute atomic E-state index is 13.3. The lowest BCUT2D eigenvalue weighted by Gasteiger charge is -2.26. The van der Waals surface area contributed by atoms with Crippen molar-refractivity contribution in [3.05, 3.63) is 29.8 Å². The fourth-order valence-electron chi connectivity index (χ4n) is 3.44. The average molecular weight is 537 g/mol. The van der Waals surface area contributed by atoms with Crippen LogP contribution in [0.15, 0.2) is 24.3 Å². The molecule has 1 aromatic rings. The van der Waals surface area contributed by atoms with Crippen LogP contribution in [0.5, 0.6) is 5.75 Å². The number of halogens is 3. The highest BCUT2D eigenvalue weighted by Gasteiger charge is 2.34. The van der Waals surface area contributed by atoms with E-state index in [1.54, 1.807) is 37.8 Å². The van der Waals surface area contributed by atoms with Crippen LogP contribution in [0.2, 0.25) is 0 Å². The number of alkyl halides is 3. The van der Waals surface area contributed by atoms with Crippen molar-refractivity contribution in [3.63, 3.8) is 0 Å². The van der Waals surface area contributed by atoms with Gasteiger partial charge in [-0.2, -0.15) is 0 Å². The van der Waals surface area contributed by atoms with Gasteiger partial charge < -0.3 is 34.3 Å². The van der Waals surface area contributed by atoms with E-state index in [1.807, 2.05) is 0 Å². The van der Waals surface area contributed by atoms with Gasteiger partial charge in [0.25, 0.3) is 0 Å². The van der Waals surface area contributed by atoms with Crippen molar-refractivity contribution < 1.29 is 51.6 Å². The number of carbonyl (C=O) groups is 2. The molecule has 2 N–H and O–H groups in total. The lowest BCUT2D eigenvalue weighted by molar-refractivity contribution is -0.327. The van der Waals surface area contributed by atoms with Gasteiger partial charge in [0.1, 0.15) is 17.4 Å². The van der Waals surface area contributed by atoms with Gasteiger partial charge in [-0.3, -0.25) is 9.53 Å². The number of alkyl carbamates (subject to hydrolysis) is 1. The monoisotopic (exact) mass is 536 g/mol. The highest BCUT2D eigenvalue weighted by atomic mass is 19.4. The minimum absolute atomic E-state index is 0.0334. The molecule has 2 rings (SSSR count). The zero-order valence-electron chi connectivity index (χ0n) is 21.2. The third-order valence-electron chi connectivity index (χ3n) is 5.04. The standard InChI is InChI=1S/C24H35F3N2O8/c1-23(2,3)37-22(32)28-20(17-4-6-18(30)7-5-17)21(31)29-9-8-19(16-29)35-14-12-33-10-11-34-13-15-36-24(25,26)27/h4-7,19-20,30H,8-16H2,1-3H3,(H,28,32). The summed E-state index contributed by atoms with van der Waals surface area (Å²) < 4.78 is 60.5. The molecule has 0 aromatic heterocycles. The second kappa shape index (κ2) is 14.4. The smallest absolute Gasteiger partial charge is 0.508 e. The number of rotatable bonds is 13. The van der Waals surface area contributed by atoms with Crippen molar-refractivity contribution in [2.45, 2.75) is 51.3 Å². The Bertz CT molecular complexity index is 846. The lowest BCUT2D eigenvalue weighted by atomic mass is 10.1. The highest BCUT2D eigenvalue weighted by molar-refractivity contribution is 5.87. The summed E-state index contributed by atoms with van der Waals surface area (Å²) in [6.07, 6.45) is -5.02. The molecular formula is C24H35F3N2O8. The summed E-state index contributed by atoms with van der Waals surface area (Å²) in [5.74, 6) is -0.295. The summed E-state index contributed by atoms with van der Waals surface area (Å²) >= 11 is 0. The number of nitrogens with zero attached hydrogens (tertiary/aromatic N) is 1. The molecular weight excluding hydrogens is 501 g/mol. The molecule has 1 fully saturated rings. The average Bonchev–Trinajstić information content (AvgIpc) is 3.26. The second-order valence-electron chi connectivity index (χ2n) is 9.26. The quantitative estimate of drug-likeness (QED) is 0.370. The molecule has 210 valence electrons. The van der Waals surface area contributed by atoms with Crippen molar-refractivity contribution in [1.29, 1.82) is 0 Å². The first-order valence-corrected chi connectivity index (χ1v) is 11.9. The van der Waals surface area contributed by atoms with Crippen LogP contribution in [-0.2, 0) is 28.5 Å². The van der Waals surface area contributed by atoms with Crippen LogP contribution in [0.3, 0.4) is 0 Å². The molecule has 0 saturated carbocycles. The molecule has 1 saturated heterocycles. The topological polar surface area (TPSA) is 116 Å². The molecule has 2 atom stereocenters. The van der Waals surface area contributed by atoms with Gasteiger partial charge in [0, 0.05) is 13.1 Å². The maximum Gasteiger partial charge on any atom is 0.522 e. The molecule has 1 aromatic carbocycles. The zero-order chi connectivity index (χ0) is 27.5. The molecule has 10 nitrogen and oxygen atoms in total. The maximum atomic E-state index is 13.3. The van der Waals surface area contributed by atoms with Crippen LogP contribution >= 0.6 is 0 Å². The number of phenolic OH excluding ortho intramolecular Hbond substituents is 1. The number of phenols is 1. The summed E-state index contributed by atoms with van der Waals surface area (Å²) in [5.41, 5.74) is -0.242. The largest absolute Gasteiger partial charge is 0.522 e. The number of hydrogen-bond acceptors (Lipinski definition) is 8. The molecule has 0 bridgehead atoms. The molecule has 0 radical (unpaired) electrons. The molecule has 0 aliphatic carbocycles. The van der Waals surface area contributed by atoms with Crippen LogP contribution in [0.1, 0.15) is 38.8 Å². The first kappa shape index (κ1) is 30.6. The number of amides is 2. The SMILES string of the molecule is CC(C)(C)OC(=O)NC(C(=O)N1CCC(OCCOCCOCCOC(F)(F)F)C1)c1ccc(O)cc1. The number of carbonyl (C=O) groups excluding carboxylic acids is 2. The molecule has 0 spiro atoms. The number of benzene rings is 1. The summed E-state index contributed by atoms with van der Waals surface area (Å²) in [6.45, 7) is 5.97. The van der Waals surface area contributed by atoms with Crippen molar-refractivity contribution in [3.8, 4) is 5.75 Å². The molecule has 1 aliphatic heterocycles. The molecule has 13 heteroatoms. The number of aromatic hydroxyl groups is 1. The Balaban J connectivity index is 1.74. The predicted octanol–water partition coefficient (Wildman–Crippen LogP) is 3.15. The Morgan fingerprint density at radius 2 is 1.62 bits per heavy atom. The Hall–Kier alpha value is -2.61. The summed E-state index contributed by atoms with van der Waals surface area (Å²) in [7, 11) is 0. The number of hydrogen-bond donors (Lipinski definition) is 2. The van der Waals surface area contributed by atoms with E-state index in [2.05, 4.69) is 10.1 Å². The van der Waals surface area contributed by atoms with Gasteiger partial charge in [0.05, 0.1) is 45.7 Å². The Morgan fingerprint density at radius 3 is 2.22 bits per heavy atom. The van der Waals surface area contributed by atoms with Crippen LogP contribution in [0.25, 0.3) is 0 Å². The normalized spacial score (nSPS) is 17.0. The van der Waals surface area contributed by atoms with E-state index >= 15 is 0 Å². The van der Waals surface area contributed by atoms with E-state index in [9.17, 15) is 27.9 Å². The van der Waals surface area contributed by atoms with E-state index in [4.69, 9.17) is 18.9 Å². The molecule has 1 heterocycles. The highest BCUT2D eigenvalue weighted by Crippen LogP contribution is 2.23. The first-order valence-electron chi connectivity index (χ1n) is 11.9. The fourth-order valence-corrected chi connectivity index (χ4v) is 3.44. The number of likely N-dealkylation sites (tertiary alicyclic amines) is 1. The minimum Gasteiger partial charge on any atom is -0.508 e. The van der Waals surface area contributed by atoms with Gasteiger partial charge >= 0.3 is 12.5 Å². The molecule has 1 aliphatic rings. The van der Waals surface area contributed by atoms with Crippen molar-refractivity contribution in [1.82, 2.24) is 10.2 Å². The third-order valence-corrected chi connectivity index (χ3v) is 5.04. The van der Waals surface area contributed by atoms with Gasteiger partial charge in [-0.1, -0.05) is 12.1 Å². The summed E-state index contributed by atoms with van der Waals surface area (Å²) in [6, 6.07) is 4.99. The van der Waals surface area contributed by atoms with Gasteiger partial charge in [0.2, 0.25) is 5.91 Å². The van der Waals surface area contributed by atoms with Crippen molar-refractivity contribution in [2.24, 2.45) is 0 Å². The van der Waals surface area contributed by atoms with E-state index in [-0.39, 0.29) is 50.8 Å². The molecule has 2 unspecified atom stereocenters. The number of nitrogens with one attached hydrogen (secondary N) is 1. The van der Waals surface area contributed by atoms with E-state index < -0.39 is 30.7 Å². The summed E-state index contributed by atoms with van der Waals surface area (Å²) in [5, 5.41) is 12.2. The number of ether oxygens (including phenoxy) is 5. The van der Waals surface area contributed by atoms with Crippen molar-refractivity contribution >= 4 is 12.0 Å². The molecule has 2 amide bonds. The second-order valence-corrected chi connectivity index (χ2v) is 9.26. The van der Waals surface area contributed by atoms with Gasteiger partial charge in [0.15, 0.2) is 0 Å². The fraction of sp³-hybridized carbons (Fsp3) is 0.667. The summed E-state index contributed by atoms with van der Waals surface area (Å²) in [4.78, 5) is 27.3. The van der Waals surface area contributed by atoms with Crippen LogP contribution in [-0.4, -0.2) is 92.8 Å². The third kappa shape index (κ3) is 12.5.